The number of nitrogen functional groups attached to an aromatic ring is 1. The van der Waals surface area contributed by atoms with Gasteiger partial charge in [-0.2, -0.15) is 0 Å². The van der Waals surface area contributed by atoms with Crippen molar-refractivity contribution >= 4 is 54.9 Å². The maximum atomic E-state index is 13.6. The fourth-order valence-electron chi connectivity index (χ4n) is 3.27. The Hall–Kier alpha value is -3.33. The molecular weight excluding hydrogens is 480 g/mol. The van der Waals surface area contributed by atoms with E-state index < -0.39 is 15.6 Å². The molecule has 0 spiro atoms. The number of anilines is 3. The van der Waals surface area contributed by atoms with Crippen LogP contribution in [0.15, 0.2) is 88.7 Å². The van der Waals surface area contributed by atoms with Crippen LogP contribution in [0.1, 0.15) is 15.2 Å². The van der Waals surface area contributed by atoms with Crippen molar-refractivity contribution < 1.29 is 17.9 Å². The fourth-order valence-corrected chi connectivity index (χ4v) is 6.34. The fraction of sp³-hybridized carbons (Fsp3) is 0.0417. The van der Waals surface area contributed by atoms with Gasteiger partial charge in [-0.3, -0.25) is 4.79 Å². The molecule has 168 valence electrons. The number of thiophene rings is 1. The van der Waals surface area contributed by atoms with Crippen molar-refractivity contribution in [2.24, 2.45) is 0 Å². The standard InChI is InChI=1S/C24H19ClN2O4S2/c1-31-19-10-6-5-9-18(19)27-24-23(33(29,30)17-7-3-2-4-8-17)20(26)22(32-24)21(28)15-11-13-16(25)14-12-15/h2-14,27H,26H2,1H3. The predicted octanol–water partition coefficient (Wildman–Crippen LogP) is 5.80. The Morgan fingerprint density at radius 2 is 1.61 bits per heavy atom. The first-order valence-electron chi connectivity index (χ1n) is 9.75. The van der Waals surface area contributed by atoms with Crippen molar-refractivity contribution in [1.82, 2.24) is 0 Å². The van der Waals surface area contributed by atoms with E-state index in [1.807, 2.05) is 0 Å². The van der Waals surface area contributed by atoms with Gasteiger partial charge in [0.2, 0.25) is 15.6 Å². The second-order valence-corrected chi connectivity index (χ2v) is 10.3. The van der Waals surface area contributed by atoms with Crippen molar-refractivity contribution in [3.05, 3.63) is 94.3 Å². The van der Waals surface area contributed by atoms with Gasteiger partial charge in [0.25, 0.3) is 0 Å². The van der Waals surface area contributed by atoms with Crippen molar-refractivity contribution in [2.45, 2.75) is 9.79 Å². The van der Waals surface area contributed by atoms with Crippen LogP contribution in [0.5, 0.6) is 5.75 Å². The average molecular weight is 499 g/mol. The van der Waals surface area contributed by atoms with Crippen molar-refractivity contribution in [3.8, 4) is 5.75 Å². The summed E-state index contributed by atoms with van der Waals surface area (Å²) in [6, 6.07) is 21.3. The molecule has 0 saturated carbocycles. The molecule has 0 fully saturated rings. The Labute approximate surface area is 200 Å². The van der Waals surface area contributed by atoms with E-state index in [9.17, 15) is 13.2 Å². The number of hydrogen-bond donors (Lipinski definition) is 2. The van der Waals surface area contributed by atoms with E-state index in [4.69, 9.17) is 22.1 Å². The van der Waals surface area contributed by atoms with Crippen LogP contribution in [-0.4, -0.2) is 21.3 Å². The van der Waals surface area contributed by atoms with Gasteiger partial charge in [0.15, 0.2) is 0 Å². The molecule has 1 heterocycles. The molecule has 9 heteroatoms. The number of ether oxygens (including phenoxy) is 1. The van der Waals surface area contributed by atoms with Crippen LogP contribution in [0.25, 0.3) is 0 Å². The number of ketones is 1. The molecule has 0 atom stereocenters. The predicted molar refractivity (Wildman–Crippen MR) is 132 cm³/mol. The van der Waals surface area contributed by atoms with Gasteiger partial charge < -0.3 is 15.8 Å². The van der Waals surface area contributed by atoms with E-state index in [1.54, 1.807) is 66.7 Å². The highest BCUT2D eigenvalue weighted by molar-refractivity contribution is 7.92. The second kappa shape index (κ2) is 9.27. The van der Waals surface area contributed by atoms with Crippen LogP contribution < -0.4 is 15.8 Å². The quantitative estimate of drug-likeness (QED) is 0.312. The molecule has 0 bridgehead atoms. The highest BCUT2D eigenvalue weighted by Gasteiger charge is 2.32. The number of methoxy groups -OCH3 is 1. The Morgan fingerprint density at radius 3 is 2.27 bits per heavy atom. The summed E-state index contributed by atoms with van der Waals surface area (Å²) in [7, 11) is -2.52. The first-order valence-corrected chi connectivity index (χ1v) is 12.4. The molecule has 0 amide bonds. The molecule has 0 aliphatic heterocycles. The minimum Gasteiger partial charge on any atom is -0.495 e. The third kappa shape index (κ3) is 4.45. The van der Waals surface area contributed by atoms with Crippen molar-refractivity contribution in [3.63, 3.8) is 0 Å². The number of nitrogens with one attached hydrogen (secondary N) is 1. The van der Waals surface area contributed by atoms with Gasteiger partial charge >= 0.3 is 0 Å². The molecular formula is C24H19ClN2O4S2. The van der Waals surface area contributed by atoms with Crippen LogP contribution in [0.2, 0.25) is 5.02 Å². The number of carbonyl (C=O) groups is 1. The molecule has 0 saturated heterocycles. The van der Waals surface area contributed by atoms with Gasteiger partial charge in [-0.05, 0) is 48.5 Å². The summed E-state index contributed by atoms with van der Waals surface area (Å²) in [6.07, 6.45) is 0. The maximum absolute atomic E-state index is 13.6. The number of sulfone groups is 1. The van der Waals surface area contributed by atoms with E-state index in [-0.39, 0.29) is 25.4 Å². The highest BCUT2D eigenvalue weighted by Crippen LogP contribution is 2.45. The highest BCUT2D eigenvalue weighted by atomic mass is 35.5. The van der Waals surface area contributed by atoms with Crippen molar-refractivity contribution in [1.29, 1.82) is 0 Å². The number of halogens is 1. The first-order chi connectivity index (χ1) is 15.8. The monoisotopic (exact) mass is 498 g/mol. The molecule has 4 rings (SSSR count). The van der Waals surface area contributed by atoms with Crippen molar-refractivity contribution in [2.75, 3.05) is 18.2 Å². The first kappa shape index (κ1) is 22.8. The van der Waals surface area contributed by atoms with Crippen LogP contribution in [-0.2, 0) is 9.84 Å². The summed E-state index contributed by atoms with van der Waals surface area (Å²) >= 11 is 6.91. The van der Waals surface area contributed by atoms with E-state index in [1.165, 1.54) is 19.2 Å². The largest absolute Gasteiger partial charge is 0.495 e. The summed E-state index contributed by atoms with van der Waals surface area (Å²) in [5.74, 6) is 0.116. The second-order valence-electron chi connectivity index (χ2n) is 6.98. The van der Waals surface area contributed by atoms with Gasteiger partial charge in [-0.25, -0.2) is 8.42 Å². The summed E-state index contributed by atoms with van der Waals surface area (Å²) < 4.78 is 32.5. The van der Waals surface area contributed by atoms with Gasteiger partial charge in [-0.1, -0.05) is 41.9 Å². The van der Waals surface area contributed by atoms with Gasteiger partial charge in [0.05, 0.1) is 23.4 Å². The number of nitrogens with two attached hydrogens (primary N) is 1. The lowest BCUT2D eigenvalue weighted by Gasteiger charge is -2.12. The number of hydrogen-bond acceptors (Lipinski definition) is 7. The molecule has 4 aromatic rings. The maximum Gasteiger partial charge on any atom is 0.211 e. The summed E-state index contributed by atoms with van der Waals surface area (Å²) in [6.45, 7) is 0. The lowest BCUT2D eigenvalue weighted by atomic mass is 10.1. The number of benzene rings is 3. The molecule has 0 aliphatic carbocycles. The normalized spacial score (nSPS) is 11.2. The molecule has 33 heavy (non-hydrogen) atoms. The van der Waals surface area contributed by atoms with Gasteiger partial charge in [0.1, 0.15) is 20.5 Å². The zero-order valence-electron chi connectivity index (χ0n) is 17.4. The minimum absolute atomic E-state index is 0.0723. The molecule has 3 N–H and O–H groups in total. The third-order valence-corrected chi connectivity index (χ3v) is 8.24. The Kier molecular flexibility index (Phi) is 6.42. The van der Waals surface area contributed by atoms with E-state index in [2.05, 4.69) is 5.32 Å². The van der Waals surface area contributed by atoms with Crippen LogP contribution in [0.3, 0.4) is 0 Å². The smallest absolute Gasteiger partial charge is 0.211 e. The Morgan fingerprint density at radius 1 is 0.970 bits per heavy atom. The summed E-state index contributed by atoms with van der Waals surface area (Å²) in [4.78, 5) is 13.3. The van der Waals surface area contributed by atoms with Crippen LogP contribution in [0, 0.1) is 0 Å². The minimum atomic E-state index is -4.03. The zero-order valence-corrected chi connectivity index (χ0v) is 19.8. The molecule has 0 radical (unpaired) electrons. The lowest BCUT2D eigenvalue weighted by molar-refractivity contribution is 0.104. The SMILES string of the molecule is COc1ccccc1Nc1sc(C(=O)c2ccc(Cl)cc2)c(N)c1S(=O)(=O)c1ccccc1. The lowest BCUT2D eigenvalue weighted by Crippen LogP contribution is -2.08. The Bertz CT molecular complexity index is 1420. The summed E-state index contributed by atoms with van der Waals surface area (Å²) in [5, 5.41) is 3.81. The number of para-hydroxylation sites is 2. The molecule has 1 aromatic heterocycles. The summed E-state index contributed by atoms with van der Waals surface area (Å²) in [5.41, 5.74) is 7.11. The number of rotatable bonds is 7. The molecule has 3 aromatic carbocycles. The number of carbonyl (C=O) groups excluding carboxylic acids is 1. The van der Waals surface area contributed by atoms with E-state index >= 15 is 0 Å². The van der Waals surface area contributed by atoms with Crippen LogP contribution >= 0.6 is 22.9 Å². The van der Waals surface area contributed by atoms with E-state index in [0.29, 0.717) is 22.0 Å². The topological polar surface area (TPSA) is 98.5 Å². The Balaban J connectivity index is 1.90. The molecule has 0 aliphatic rings. The average Bonchev–Trinajstić information content (AvgIpc) is 3.16. The zero-order chi connectivity index (χ0) is 23.6. The van der Waals surface area contributed by atoms with Crippen LogP contribution in [0.4, 0.5) is 16.4 Å². The molecule has 6 nitrogen and oxygen atoms in total. The third-order valence-electron chi connectivity index (χ3n) is 4.89. The van der Waals surface area contributed by atoms with Gasteiger partial charge in [-0.15, -0.1) is 11.3 Å². The van der Waals surface area contributed by atoms with Gasteiger partial charge in [0, 0.05) is 10.6 Å². The molecule has 0 unspecified atom stereocenters. The van der Waals surface area contributed by atoms with E-state index in [0.717, 1.165) is 11.3 Å².